The van der Waals surface area contributed by atoms with Gasteiger partial charge in [-0.15, -0.1) is 0 Å². The first kappa shape index (κ1) is 20.8. The second-order valence-electron chi connectivity index (χ2n) is 8.59. The largest absolute Gasteiger partial charge is 0.356 e. The maximum absolute atomic E-state index is 12.8. The van der Waals surface area contributed by atoms with Crippen molar-refractivity contribution >= 4 is 11.7 Å². The van der Waals surface area contributed by atoms with E-state index in [1.54, 1.807) is 0 Å². The van der Waals surface area contributed by atoms with E-state index < -0.39 is 0 Å². The minimum Gasteiger partial charge on any atom is -0.356 e. The van der Waals surface area contributed by atoms with Crippen LogP contribution in [0.3, 0.4) is 0 Å². The molecular formula is C25H34N4O. The van der Waals surface area contributed by atoms with Crippen LogP contribution < -0.4 is 4.90 Å². The van der Waals surface area contributed by atoms with Crippen LogP contribution in [0.2, 0.25) is 0 Å². The highest BCUT2D eigenvalue weighted by Gasteiger charge is 2.28. The number of carbonyl (C=O) groups is 1. The second kappa shape index (κ2) is 10.1. The Balaban J connectivity index is 1.59. The van der Waals surface area contributed by atoms with Crippen molar-refractivity contribution in [3.8, 4) is 11.4 Å². The number of nitrogens with zero attached hydrogens (tertiary/aromatic N) is 4. The maximum atomic E-state index is 12.8. The quantitative estimate of drug-likeness (QED) is 0.608. The molecule has 160 valence electrons. The van der Waals surface area contributed by atoms with E-state index in [0.717, 1.165) is 61.8 Å². The summed E-state index contributed by atoms with van der Waals surface area (Å²) in [5.41, 5.74) is 3.36. The number of carbonyl (C=O) groups excluding carboxylic acids is 1. The van der Waals surface area contributed by atoms with Crippen molar-refractivity contribution in [2.45, 2.75) is 71.3 Å². The number of piperidine rings is 1. The lowest BCUT2D eigenvalue weighted by molar-refractivity contribution is -0.132. The number of aromatic nitrogens is 2. The average molecular weight is 407 g/mol. The van der Waals surface area contributed by atoms with Gasteiger partial charge in [-0.1, -0.05) is 56.5 Å². The van der Waals surface area contributed by atoms with Crippen molar-refractivity contribution in [3.05, 3.63) is 41.6 Å². The Labute approximate surface area is 180 Å². The molecule has 2 aliphatic heterocycles. The van der Waals surface area contributed by atoms with Crippen LogP contribution in [0.5, 0.6) is 0 Å². The molecule has 1 aromatic heterocycles. The number of benzene rings is 1. The van der Waals surface area contributed by atoms with Gasteiger partial charge in [0, 0.05) is 43.6 Å². The van der Waals surface area contributed by atoms with Gasteiger partial charge in [0.1, 0.15) is 5.82 Å². The molecule has 2 aliphatic rings. The fourth-order valence-corrected chi connectivity index (χ4v) is 4.55. The van der Waals surface area contributed by atoms with Gasteiger partial charge in [0.15, 0.2) is 5.82 Å². The summed E-state index contributed by atoms with van der Waals surface area (Å²) in [6.45, 7) is 5.72. The van der Waals surface area contributed by atoms with Crippen molar-refractivity contribution in [2.75, 3.05) is 24.5 Å². The van der Waals surface area contributed by atoms with Gasteiger partial charge < -0.3 is 9.80 Å². The van der Waals surface area contributed by atoms with E-state index in [-0.39, 0.29) is 5.91 Å². The molecule has 0 radical (unpaired) electrons. The third kappa shape index (κ3) is 4.82. The predicted octanol–water partition coefficient (Wildman–Crippen LogP) is 4.99. The zero-order chi connectivity index (χ0) is 20.8. The number of hydrogen-bond donors (Lipinski definition) is 0. The van der Waals surface area contributed by atoms with E-state index >= 15 is 0 Å². The van der Waals surface area contributed by atoms with Crippen LogP contribution in [0.25, 0.3) is 11.4 Å². The fraction of sp³-hybridized carbons (Fsp3) is 0.560. The number of rotatable bonds is 7. The van der Waals surface area contributed by atoms with Crippen LogP contribution in [0.1, 0.15) is 69.5 Å². The topological polar surface area (TPSA) is 49.3 Å². The van der Waals surface area contributed by atoms with Gasteiger partial charge >= 0.3 is 0 Å². The smallest absolute Gasteiger partial charge is 0.222 e. The maximum Gasteiger partial charge on any atom is 0.222 e. The molecule has 0 aliphatic carbocycles. The Morgan fingerprint density at radius 1 is 0.967 bits per heavy atom. The van der Waals surface area contributed by atoms with Crippen LogP contribution in [-0.2, 0) is 17.8 Å². The van der Waals surface area contributed by atoms with Gasteiger partial charge in [0.05, 0.1) is 12.2 Å². The van der Waals surface area contributed by atoms with Crippen molar-refractivity contribution in [1.29, 1.82) is 0 Å². The van der Waals surface area contributed by atoms with E-state index in [1.807, 2.05) is 23.1 Å². The Kier molecular flexibility index (Phi) is 6.98. The monoisotopic (exact) mass is 406 g/mol. The molecule has 5 nitrogen and oxygen atoms in total. The molecule has 0 atom stereocenters. The summed E-state index contributed by atoms with van der Waals surface area (Å²) >= 11 is 0. The van der Waals surface area contributed by atoms with E-state index in [0.29, 0.717) is 13.0 Å². The molecule has 2 aromatic rings. The molecule has 1 aromatic carbocycles. The van der Waals surface area contributed by atoms with Crippen LogP contribution in [-0.4, -0.2) is 40.4 Å². The van der Waals surface area contributed by atoms with Crippen molar-refractivity contribution < 1.29 is 4.79 Å². The third-order valence-corrected chi connectivity index (χ3v) is 6.32. The molecule has 5 heteroatoms. The summed E-state index contributed by atoms with van der Waals surface area (Å²) in [6.07, 6.45) is 9.75. The lowest BCUT2D eigenvalue weighted by Crippen LogP contribution is -2.39. The molecule has 0 bridgehead atoms. The van der Waals surface area contributed by atoms with E-state index in [1.165, 1.54) is 37.7 Å². The molecule has 30 heavy (non-hydrogen) atoms. The lowest BCUT2D eigenvalue weighted by atomic mass is 10.0. The molecule has 0 saturated carbocycles. The van der Waals surface area contributed by atoms with E-state index in [9.17, 15) is 4.79 Å². The summed E-state index contributed by atoms with van der Waals surface area (Å²) in [7, 11) is 0. The number of amides is 1. The van der Waals surface area contributed by atoms with Gasteiger partial charge in [-0.2, -0.15) is 0 Å². The van der Waals surface area contributed by atoms with E-state index in [2.05, 4.69) is 24.0 Å². The average Bonchev–Trinajstić information content (AvgIpc) is 2.82. The molecule has 1 amide bonds. The normalized spacial score (nSPS) is 16.4. The first-order chi connectivity index (χ1) is 14.8. The fourth-order valence-electron chi connectivity index (χ4n) is 4.55. The molecule has 1 saturated heterocycles. The molecule has 3 heterocycles. The van der Waals surface area contributed by atoms with Gasteiger partial charge in [0.25, 0.3) is 0 Å². The molecular weight excluding hydrogens is 372 g/mol. The standard InChI is InChI=1S/C25H34N4O/c1-2-3-4-9-14-23(30)29-18-15-22-21(19-29)25(28-16-10-6-11-17-28)27-24(26-22)20-12-7-5-8-13-20/h5,7-8,12-13H,2-4,6,9-11,14-19H2,1H3. The third-order valence-electron chi connectivity index (χ3n) is 6.32. The summed E-state index contributed by atoms with van der Waals surface area (Å²) < 4.78 is 0. The molecule has 0 spiro atoms. The summed E-state index contributed by atoms with van der Waals surface area (Å²) in [5, 5.41) is 0. The zero-order valence-corrected chi connectivity index (χ0v) is 18.3. The lowest BCUT2D eigenvalue weighted by Gasteiger charge is -2.34. The van der Waals surface area contributed by atoms with E-state index in [4.69, 9.17) is 9.97 Å². The minimum atomic E-state index is 0.286. The van der Waals surface area contributed by atoms with Crippen molar-refractivity contribution in [1.82, 2.24) is 14.9 Å². The highest BCUT2D eigenvalue weighted by Crippen LogP contribution is 2.31. The molecule has 4 rings (SSSR count). The van der Waals surface area contributed by atoms with Crippen LogP contribution in [0.4, 0.5) is 5.82 Å². The van der Waals surface area contributed by atoms with Crippen molar-refractivity contribution in [3.63, 3.8) is 0 Å². The van der Waals surface area contributed by atoms with Crippen LogP contribution in [0, 0.1) is 0 Å². The summed E-state index contributed by atoms with van der Waals surface area (Å²) in [4.78, 5) is 27.3. The molecule has 0 unspecified atom stereocenters. The molecule has 0 N–H and O–H groups in total. The summed E-state index contributed by atoms with van der Waals surface area (Å²) in [5.74, 6) is 2.16. The minimum absolute atomic E-state index is 0.286. The van der Waals surface area contributed by atoms with Crippen molar-refractivity contribution in [2.24, 2.45) is 0 Å². The number of hydrogen-bond acceptors (Lipinski definition) is 4. The molecule has 1 fully saturated rings. The first-order valence-electron chi connectivity index (χ1n) is 11.7. The van der Waals surface area contributed by atoms with Crippen LogP contribution in [0.15, 0.2) is 30.3 Å². The van der Waals surface area contributed by atoms with Gasteiger partial charge in [0.2, 0.25) is 5.91 Å². The van der Waals surface area contributed by atoms with Crippen LogP contribution >= 0.6 is 0 Å². The van der Waals surface area contributed by atoms with Gasteiger partial charge in [-0.25, -0.2) is 9.97 Å². The zero-order valence-electron chi connectivity index (χ0n) is 18.3. The summed E-state index contributed by atoms with van der Waals surface area (Å²) in [6, 6.07) is 10.3. The number of fused-ring (bicyclic) bond motifs is 1. The second-order valence-corrected chi connectivity index (χ2v) is 8.59. The highest BCUT2D eigenvalue weighted by molar-refractivity contribution is 5.77. The Morgan fingerprint density at radius 3 is 2.53 bits per heavy atom. The first-order valence-corrected chi connectivity index (χ1v) is 11.7. The van der Waals surface area contributed by atoms with Gasteiger partial charge in [-0.3, -0.25) is 4.79 Å². The Hall–Kier alpha value is -2.43. The Morgan fingerprint density at radius 2 is 1.77 bits per heavy atom. The highest BCUT2D eigenvalue weighted by atomic mass is 16.2. The Bertz CT molecular complexity index is 846. The number of unbranched alkanes of at least 4 members (excludes halogenated alkanes) is 3. The van der Waals surface area contributed by atoms with Gasteiger partial charge in [-0.05, 0) is 25.7 Å². The SMILES string of the molecule is CCCCCCC(=O)N1CCc2nc(-c3ccccc3)nc(N3CCCCC3)c2C1. The predicted molar refractivity (Wildman–Crippen MR) is 121 cm³/mol. The number of anilines is 1.